The fourth-order valence-electron chi connectivity index (χ4n) is 4.42. The first-order chi connectivity index (χ1) is 20.8. The Bertz CT molecular complexity index is 1700. The Morgan fingerprint density at radius 1 is 0.628 bits per heavy atom. The van der Waals surface area contributed by atoms with E-state index in [1.807, 2.05) is 0 Å². The zero-order chi connectivity index (χ0) is 30.4. The van der Waals surface area contributed by atoms with Crippen LogP contribution < -0.4 is 15.2 Å². The van der Waals surface area contributed by atoms with Crippen LogP contribution in [0, 0.1) is 0 Å². The largest absolute Gasteiger partial charge is 0.423 e. The van der Waals surface area contributed by atoms with Crippen LogP contribution >= 0.6 is 23.2 Å². The first-order valence-electron chi connectivity index (χ1n) is 13.1. The van der Waals surface area contributed by atoms with Gasteiger partial charge in [-0.2, -0.15) is 0 Å². The van der Waals surface area contributed by atoms with E-state index in [0.717, 1.165) is 5.01 Å². The maximum absolute atomic E-state index is 14.1. The summed E-state index contributed by atoms with van der Waals surface area (Å²) in [5.41, 5.74) is 0.947. The Morgan fingerprint density at radius 2 is 1.09 bits per heavy atom. The van der Waals surface area contributed by atoms with Crippen LogP contribution in [0.2, 0.25) is 10.0 Å². The topological polar surface area (TPSA) is 95.9 Å². The molecule has 0 unspecified atom stereocenters. The summed E-state index contributed by atoms with van der Waals surface area (Å²) in [4.78, 5) is 41.4. The molecule has 0 atom stereocenters. The molecule has 0 fully saturated rings. The number of hydrogen-bond acceptors (Lipinski definition) is 5. The Labute approximate surface area is 257 Å². The molecule has 0 aliphatic carbocycles. The third-order valence-electron chi connectivity index (χ3n) is 6.61. The van der Waals surface area contributed by atoms with Gasteiger partial charge in [0.05, 0.1) is 16.8 Å². The van der Waals surface area contributed by atoms with Crippen LogP contribution in [0.5, 0.6) is 5.75 Å². The van der Waals surface area contributed by atoms with E-state index in [9.17, 15) is 19.5 Å². The normalized spacial score (nSPS) is 11.0. The second-order valence-electron chi connectivity index (χ2n) is 9.39. The van der Waals surface area contributed by atoms with Crippen molar-refractivity contribution < 1.29 is 24.2 Å². The second-order valence-corrected chi connectivity index (χ2v) is 10.3. The van der Waals surface area contributed by atoms with Crippen molar-refractivity contribution in [2.75, 3.05) is 5.01 Å². The molecule has 9 heteroatoms. The summed E-state index contributed by atoms with van der Waals surface area (Å²) in [5.74, 6) is -2.14. The molecule has 2 amide bonds. The molecule has 0 heterocycles. The van der Waals surface area contributed by atoms with E-state index in [2.05, 4.69) is 5.43 Å². The molecule has 0 aromatic heterocycles. The average Bonchev–Trinajstić information content (AvgIpc) is 3.04. The quantitative estimate of drug-likeness (QED) is 0.120. The maximum Gasteiger partial charge on any atom is 0.344 e. The van der Waals surface area contributed by atoms with Crippen LogP contribution in [0.15, 0.2) is 133 Å². The highest BCUT2D eigenvalue weighted by molar-refractivity contribution is 6.31. The molecule has 43 heavy (non-hydrogen) atoms. The predicted molar refractivity (Wildman–Crippen MR) is 165 cm³/mol. The highest BCUT2D eigenvalue weighted by Gasteiger charge is 2.42. The molecule has 2 N–H and O–H groups in total. The van der Waals surface area contributed by atoms with E-state index >= 15 is 0 Å². The molecule has 5 rings (SSSR count). The van der Waals surface area contributed by atoms with Gasteiger partial charge in [0.2, 0.25) is 0 Å². The van der Waals surface area contributed by atoms with Gasteiger partial charge >= 0.3 is 5.97 Å². The fourth-order valence-corrected chi connectivity index (χ4v) is 4.67. The third-order valence-corrected chi connectivity index (χ3v) is 7.12. The van der Waals surface area contributed by atoms with Crippen LogP contribution in [0.3, 0.4) is 0 Å². The van der Waals surface area contributed by atoms with E-state index in [-0.39, 0.29) is 27.9 Å². The number of carbonyl (C=O) groups excluding carboxylic acids is 3. The fraction of sp³-hybridized carbons (Fsp3) is 0.0294. The Hall–Kier alpha value is -4.95. The lowest BCUT2D eigenvalue weighted by Crippen LogP contribution is -2.54. The Balaban J connectivity index is 1.55. The van der Waals surface area contributed by atoms with Crippen molar-refractivity contribution in [2.24, 2.45) is 0 Å². The molecule has 7 nitrogen and oxygen atoms in total. The summed E-state index contributed by atoms with van der Waals surface area (Å²) >= 11 is 12.2. The van der Waals surface area contributed by atoms with E-state index in [1.165, 1.54) is 36.4 Å². The number of esters is 1. The number of nitrogens with one attached hydrogen (secondary N) is 1. The highest BCUT2D eigenvalue weighted by atomic mass is 35.5. The smallest absolute Gasteiger partial charge is 0.344 e. The Kier molecular flexibility index (Phi) is 8.87. The van der Waals surface area contributed by atoms with Gasteiger partial charge in [-0.25, -0.2) is 9.80 Å². The number of benzene rings is 5. The standard InChI is InChI=1S/C34H24Cl2N2O5/c35-25-19-15-23(16-20-25)34(42,24-17-21-26(36)22-18-24)33(41)37-38(27-9-3-1-4-10-27)31(39)29-13-7-8-14-30(29)32(40)43-28-11-5-2-6-12-28/h1-22,42H,(H,37,41). The molecular weight excluding hydrogens is 587 g/mol. The number of rotatable bonds is 7. The molecule has 214 valence electrons. The monoisotopic (exact) mass is 610 g/mol. The van der Waals surface area contributed by atoms with Gasteiger partial charge in [0, 0.05) is 10.0 Å². The summed E-state index contributed by atoms with van der Waals surface area (Å²) < 4.78 is 5.49. The number of ether oxygens (including phenoxy) is 1. The van der Waals surface area contributed by atoms with Gasteiger partial charge in [0.1, 0.15) is 5.75 Å². The summed E-state index contributed by atoms with van der Waals surface area (Å²) in [6.07, 6.45) is 0. The molecule has 0 saturated heterocycles. The van der Waals surface area contributed by atoms with Gasteiger partial charge in [0.15, 0.2) is 5.60 Å². The van der Waals surface area contributed by atoms with Crippen molar-refractivity contribution in [3.8, 4) is 5.75 Å². The maximum atomic E-state index is 14.1. The number of aliphatic hydroxyl groups is 1. The number of halogens is 2. The second kappa shape index (κ2) is 12.9. The summed E-state index contributed by atoms with van der Waals surface area (Å²) in [7, 11) is 0. The van der Waals surface area contributed by atoms with Crippen molar-refractivity contribution in [1.82, 2.24) is 5.43 Å². The van der Waals surface area contributed by atoms with Crippen molar-refractivity contribution >= 4 is 46.7 Å². The number of hydrazine groups is 1. The number of para-hydroxylation sites is 2. The number of amides is 2. The van der Waals surface area contributed by atoms with Crippen molar-refractivity contribution in [1.29, 1.82) is 0 Å². The summed E-state index contributed by atoms with van der Waals surface area (Å²) in [5, 5.41) is 13.8. The summed E-state index contributed by atoms with van der Waals surface area (Å²) in [6, 6.07) is 35.1. The molecule has 0 aliphatic rings. The van der Waals surface area contributed by atoms with Crippen molar-refractivity contribution in [3.63, 3.8) is 0 Å². The summed E-state index contributed by atoms with van der Waals surface area (Å²) in [6.45, 7) is 0. The first kappa shape index (κ1) is 29.5. The van der Waals surface area contributed by atoms with Gasteiger partial charge in [-0.1, -0.05) is 96.0 Å². The van der Waals surface area contributed by atoms with E-state index in [1.54, 1.807) is 97.1 Å². The number of carbonyl (C=O) groups is 3. The molecule has 0 bridgehead atoms. The molecule has 0 radical (unpaired) electrons. The number of hydrogen-bond donors (Lipinski definition) is 2. The van der Waals surface area contributed by atoms with Crippen LogP contribution in [0.1, 0.15) is 31.8 Å². The molecule has 0 aliphatic heterocycles. The minimum absolute atomic E-state index is 0.0165. The van der Waals surface area contributed by atoms with Gasteiger partial charge < -0.3 is 9.84 Å². The number of anilines is 1. The van der Waals surface area contributed by atoms with E-state index in [0.29, 0.717) is 15.8 Å². The molecule has 5 aromatic rings. The van der Waals surface area contributed by atoms with Gasteiger partial charge in [-0.15, -0.1) is 0 Å². The van der Waals surface area contributed by atoms with Crippen molar-refractivity contribution in [3.05, 3.63) is 166 Å². The predicted octanol–water partition coefficient (Wildman–Crippen LogP) is 6.83. The zero-order valence-corrected chi connectivity index (χ0v) is 24.0. The molecular formula is C34H24Cl2N2O5. The third kappa shape index (κ3) is 6.44. The lowest BCUT2D eigenvalue weighted by molar-refractivity contribution is -0.136. The minimum Gasteiger partial charge on any atom is -0.423 e. The van der Waals surface area contributed by atoms with Crippen LogP contribution in [-0.2, 0) is 10.4 Å². The SMILES string of the molecule is O=C(Oc1ccccc1)c1ccccc1C(=O)N(NC(=O)C(O)(c1ccc(Cl)cc1)c1ccc(Cl)cc1)c1ccccc1. The van der Waals surface area contributed by atoms with Gasteiger partial charge in [0.25, 0.3) is 11.8 Å². The lowest BCUT2D eigenvalue weighted by atomic mass is 9.85. The van der Waals surface area contributed by atoms with Gasteiger partial charge in [-0.05, 0) is 71.8 Å². The molecule has 0 spiro atoms. The van der Waals surface area contributed by atoms with Crippen LogP contribution in [0.4, 0.5) is 5.69 Å². The zero-order valence-electron chi connectivity index (χ0n) is 22.5. The highest BCUT2D eigenvalue weighted by Crippen LogP contribution is 2.32. The Morgan fingerprint density at radius 3 is 1.63 bits per heavy atom. The average molecular weight is 611 g/mol. The molecule has 5 aromatic carbocycles. The van der Waals surface area contributed by atoms with Crippen LogP contribution in [-0.4, -0.2) is 22.9 Å². The minimum atomic E-state index is -2.27. The first-order valence-corrected chi connectivity index (χ1v) is 13.8. The van der Waals surface area contributed by atoms with Crippen LogP contribution in [0.25, 0.3) is 0 Å². The van der Waals surface area contributed by atoms with Gasteiger partial charge in [-0.3, -0.25) is 15.0 Å². The molecule has 0 saturated carbocycles. The number of nitrogens with zero attached hydrogens (tertiary/aromatic N) is 1. The van der Waals surface area contributed by atoms with E-state index in [4.69, 9.17) is 27.9 Å². The van der Waals surface area contributed by atoms with E-state index < -0.39 is 23.4 Å². The lowest BCUT2D eigenvalue weighted by Gasteiger charge is -2.32. The van der Waals surface area contributed by atoms with Crippen molar-refractivity contribution in [2.45, 2.75) is 5.60 Å².